The zero-order chi connectivity index (χ0) is 20.4. The predicted molar refractivity (Wildman–Crippen MR) is 112 cm³/mol. The van der Waals surface area contributed by atoms with Crippen molar-refractivity contribution in [1.82, 2.24) is 9.55 Å². The predicted octanol–water partition coefficient (Wildman–Crippen LogP) is 5.22. The number of thiazole rings is 1. The van der Waals surface area contributed by atoms with Gasteiger partial charge in [-0.1, -0.05) is 30.0 Å². The Kier molecular flexibility index (Phi) is 5.41. The Bertz CT molecular complexity index is 1240. The van der Waals surface area contributed by atoms with Crippen LogP contribution in [-0.2, 0) is 0 Å². The number of benzene rings is 2. The summed E-state index contributed by atoms with van der Waals surface area (Å²) in [6.45, 7) is 0. The summed E-state index contributed by atoms with van der Waals surface area (Å²) < 4.78 is 26.0. The van der Waals surface area contributed by atoms with Crippen molar-refractivity contribution in [2.75, 3.05) is 0 Å². The van der Waals surface area contributed by atoms with E-state index in [9.17, 15) is 18.7 Å². The molecule has 9 heteroatoms. The summed E-state index contributed by atoms with van der Waals surface area (Å²) in [5.41, 5.74) is 0.513. The third-order valence-corrected chi connectivity index (χ3v) is 5.60. The third kappa shape index (κ3) is 3.92. The van der Waals surface area contributed by atoms with Crippen molar-refractivity contribution in [2.45, 2.75) is 10.7 Å². The van der Waals surface area contributed by atoms with Crippen LogP contribution in [0.2, 0.25) is 0 Å². The lowest BCUT2D eigenvalue weighted by Gasteiger charge is -2.11. The molecular weight excluding hydrogens is 416 g/mol. The summed E-state index contributed by atoms with van der Waals surface area (Å²) in [7, 11) is 0. The van der Waals surface area contributed by atoms with Gasteiger partial charge in [-0.15, -0.1) is 11.3 Å². The van der Waals surface area contributed by atoms with E-state index in [0.717, 1.165) is 4.57 Å². The monoisotopic (exact) mass is 429 g/mol. The van der Waals surface area contributed by atoms with Gasteiger partial charge >= 0.3 is 0 Å². The van der Waals surface area contributed by atoms with E-state index >= 15 is 0 Å². The van der Waals surface area contributed by atoms with Crippen LogP contribution >= 0.6 is 23.1 Å². The molecule has 0 aliphatic heterocycles. The molecule has 5 nitrogen and oxygen atoms in total. The fraction of sp³-hybridized carbons (Fsp3) is 0.0500. The summed E-state index contributed by atoms with van der Waals surface area (Å²) in [5.74, 6) is -2.75. The Hall–Kier alpha value is -3.04. The molecule has 2 aromatic heterocycles. The van der Waals surface area contributed by atoms with Crippen LogP contribution in [0.15, 0.2) is 74.8 Å². The van der Waals surface area contributed by atoms with Gasteiger partial charge in [-0.25, -0.2) is 9.55 Å². The number of alkyl halides is 2. The van der Waals surface area contributed by atoms with Gasteiger partial charge in [0, 0.05) is 33.5 Å². The maximum absolute atomic E-state index is 12.9. The van der Waals surface area contributed by atoms with Gasteiger partial charge in [-0.2, -0.15) is 8.78 Å². The molecule has 146 valence electrons. The quantitative estimate of drug-likeness (QED) is 0.349. The fourth-order valence-electron chi connectivity index (χ4n) is 2.85. The van der Waals surface area contributed by atoms with Gasteiger partial charge in [0.1, 0.15) is 0 Å². The highest BCUT2D eigenvalue weighted by atomic mass is 32.2. The minimum absolute atomic E-state index is 0.266. The summed E-state index contributed by atoms with van der Waals surface area (Å²) in [6.07, 6.45) is 3.00. The Labute approximate surface area is 172 Å². The number of hydrogen-bond donors (Lipinski definition) is 1. The maximum atomic E-state index is 12.9. The Morgan fingerprint density at radius 1 is 1.14 bits per heavy atom. The van der Waals surface area contributed by atoms with E-state index < -0.39 is 5.76 Å². The van der Waals surface area contributed by atoms with Gasteiger partial charge in [-0.05, 0) is 30.3 Å². The van der Waals surface area contributed by atoms with Crippen molar-refractivity contribution in [3.05, 3.63) is 76.0 Å². The summed E-state index contributed by atoms with van der Waals surface area (Å²) in [4.78, 5) is 21.8. The molecule has 0 fully saturated rings. The van der Waals surface area contributed by atoms with Crippen LogP contribution < -0.4 is 5.56 Å². The molecule has 2 aromatic carbocycles. The molecule has 0 aliphatic carbocycles. The van der Waals surface area contributed by atoms with Crippen LogP contribution in [0.3, 0.4) is 0 Å². The van der Waals surface area contributed by atoms with Crippen molar-refractivity contribution in [3.8, 4) is 11.0 Å². The van der Waals surface area contributed by atoms with Crippen molar-refractivity contribution in [3.63, 3.8) is 0 Å². The van der Waals surface area contributed by atoms with Gasteiger partial charge in [0.25, 0.3) is 11.3 Å². The van der Waals surface area contributed by atoms with Gasteiger partial charge < -0.3 is 5.11 Å². The molecule has 2 heterocycles. The SMILES string of the molecule is O=c1c2ccccc2c(C=Nc2ccc(SC(F)F)cc2)c(O)n1-c1nccs1. The highest BCUT2D eigenvalue weighted by Gasteiger charge is 2.17. The molecule has 0 saturated carbocycles. The van der Waals surface area contributed by atoms with E-state index in [-0.39, 0.29) is 11.4 Å². The molecule has 4 rings (SSSR count). The minimum Gasteiger partial charge on any atom is -0.494 e. The molecule has 0 amide bonds. The lowest BCUT2D eigenvalue weighted by Crippen LogP contribution is -2.19. The van der Waals surface area contributed by atoms with Crippen molar-refractivity contribution >= 4 is 45.8 Å². The van der Waals surface area contributed by atoms with Crippen LogP contribution in [-0.4, -0.2) is 26.6 Å². The summed E-state index contributed by atoms with van der Waals surface area (Å²) >= 11 is 1.69. The Balaban J connectivity index is 1.81. The van der Waals surface area contributed by atoms with E-state index in [1.165, 1.54) is 17.6 Å². The molecular formula is C20H13F2N3O2S2. The molecule has 0 bridgehead atoms. The number of hydrogen-bond acceptors (Lipinski definition) is 6. The number of nitrogens with zero attached hydrogens (tertiary/aromatic N) is 3. The van der Waals surface area contributed by atoms with Gasteiger partial charge in [0.15, 0.2) is 5.13 Å². The van der Waals surface area contributed by atoms with E-state index in [2.05, 4.69) is 9.98 Å². The number of aliphatic imine (C=N–C) groups is 1. The second-order valence-corrected chi connectivity index (χ2v) is 7.81. The molecule has 0 radical (unpaired) electrons. The topological polar surface area (TPSA) is 67.5 Å². The highest BCUT2D eigenvalue weighted by Crippen LogP contribution is 2.29. The Morgan fingerprint density at radius 3 is 2.52 bits per heavy atom. The first-order chi connectivity index (χ1) is 14.0. The van der Waals surface area contributed by atoms with Crippen molar-refractivity contribution in [1.29, 1.82) is 0 Å². The number of rotatable bonds is 5. The lowest BCUT2D eigenvalue weighted by atomic mass is 10.1. The first-order valence-electron chi connectivity index (χ1n) is 8.40. The highest BCUT2D eigenvalue weighted by molar-refractivity contribution is 7.99. The zero-order valence-corrected chi connectivity index (χ0v) is 16.3. The zero-order valence-electron chi connectivity index (χ0n) is 14.7. The standard InChI is InChI=1S/C20H13F2N3O2S2/c21-19(22)29-13-7-5-12(6-8-13)24-11-16-14-3-1-2-4-15(14)17(26)25(18(16)27)20-23-9-10-28-20/h1-11,19,27H. The van der Waals surface area contributed by atoms with Crippen molar-refractivity contribution < 1.29 is 13.9 Å². The first kappa shape index (κ1) is 19.3. The summed E-state index contributed by atoms with van der Waals surface area (Å²) in [6, 6.07) is 13.2. The minimum atomic E-state index is -2.49. The number of thioether (sulfide) groups is 1. The van der Waals surface area contributed by atoms with Gasteiger partial charge in [-0.3, -0.25) is 9.79 Å². The number of aromatic nitrogens is 2. The van der Waals surface area contributed by atoms with Crippen LogP contribution in [0.5, 0.6) is 5.88 Å². The maximum Gasteiger partial charge on any atom is 0.288 e. The molecule has 0 unspecified atom stereocenters. The molecule has 0 aliphatic rings. The van der Waals surface area contributed by atoms with E-state index in [1.54, 1.807) is 60.1 Å². The van der Waals surface area contributed by atoms with Crippen LogP contribution in [0, 0.1) is 0 Å². The molecule has 0 spiro atoms. The summed E-state index contributed by atoms with van der Waals surface area (Å²) in [5, 5.41) is 13.8. The molecule has 4 aromatic rings. The molecule has 0 atom stereocenters. The largest absolute Gasteiger partial charge is 0.494 e. The average Bonchev–Trinajstić information content (AvgIpc) is 3.23. The third-order valence-electron chi connectivity index (χ3n) is 4.12. The lowest BCUT2D eigenvalue weighted by molar-refractivity contribution is 0.252. The smallest absolute Gasteiger partial charge is 0.288 e. The average molecular weight is 429 g/mol. The first-order valence-corrected chi connectivity index (χ1v) is 10.2. The number of fused-ring (bicyclic) bond motifs is 1. The fourth-order valence-corrected chi connectivity index (χ4v) is 3.98. The van der Waals surface area contributed by atoms with Gasteiger partial charge in [0.05, 0.1) is 11.3 Å². The normalized spacial score (nSPS) is 11.7. The van der Waals surface area contributed by atoms with Crippen LogP contribution in [0.4, 0.5) is 14.5 Å². The van der Waals surface area contributed by atoms with E-state index in [0.29, 0.717) is 43.8 Å². The number of pyridine rings is 1. The second-order valence-electron chi connectivity index (χ2n) is 5.87. The van der Waals surface area contributed by atoms with Crippen LogP contribution in [0.1, 0.15) is 5.56 Å². The molecule has 1 N–H and O–H groups in total. The van der Waals surface area contributed by atoms with Crippen molar-refractivity contribution in [2.24, 2.45) is 4.99 Å². The van der Waals surface area contributed by atoms with E-state index in [4.69, 9.17) is 0 Å². The number of aromatic hydroxyl groups is 1. The Morgan fingerprint density at radius 2 is 1.86 bits per heavy atom. The van der Waals surface area contributed by atoms with Crippen LogP contribution in [0.25, 0.3) is 15.9 Å². The molecule has 0 saturated heterocycles. The van der Waals surface area contributed by atoms with E-state index in [1.807, 2.05) is 0 Å². The molecule has 29 heavy (non-hydrogen) atoms. The van der Waals surface area contributed by atoms with Gasteiger partial charge in [0.2, 0.25) is 5.88 Å². The number of halogens is 2. The second kappa shape index (κ2) is 8.14.